The Morgan fingerprint density at radius 2 is 1.65 bits per heavy atom. The first-order valence-electron chi connectivity index (χ1n) is 9.97. The molecule has 0 saturated carbocycles. The Labute approximate surface area is 181 Å². The van der Waals surface area contributed by atoms with E-state index in [9.17, 15) is 18.8 Å². The maximum atomic E-state index is 13.2. The third-order valence-electron chi connectivity index (χ3n) is 4.02. The Balaban J connectivity index is 1.76. The normalized spacial score (nSPS) is 10.8. The van der Waals surface area contributed by atoms with Crippen LogP contribution >= 0.6 is 0 Å². The number of halogens is 1. The zero-order valence-electron chi connectivity index (χ0n) is 18.0. The molecule has 0 saturated heterocycles. The molecular weight excluding hydrogens is 401 g/mol. The molecule has 0 atom stereocenters. The van der Waals surface area contributed by atoms with E-state index in [4.69, 9.17) is 4.74 Å². The van der Waals surface area contributed by atoms with Gasteiger partial charge in [0.2, 0.25) is 11.8 Å². The van der Waals surface area contributed by atoms with E-state index in [-0.39, 0.29) is 37.1 Å². The summed E-state index contributed by atoms with van der Waals surface area (Å²) in [4.78, 5) is 35.7. The summed E-state index contributed by atoms with van der Waals surface area (Å²) in [6.45, 7) is 5.24. The third-order valence-corrected chi connectivity index (χ3v) is 4.02. The molecule has 0 unspecified atom stereocenters. The smallest absolute Gasteiger partial charge is 0.408 e. The van der Waals surface area contributed by atoms with E-state index < -0.39 is 11.7 Å². The van der Waals surface area contributed by atoms with Crippen molar-refractivity contribution < 1.29 is 23.5 Å². The summed E-state index contributed by atoms with van der Waals surface area (Å²) in [6, 6.07) is 13.2. The molecule has 0 bridgehead atoms. The minimum Gasteiger partial charge on any atom is -0.444 e. The second-order valence-corrected chi connectivity index (χ2v) is 8.01. The minimum atomic E-state index is -0.661. The number of anilines is 1. The molecule has 3 N–H and O–H groups in total. The Bertz CT molecular complexity index is 925. The van der Waals surface area contributed by atoms with Gasteiger partial charge in [-0.25, -0.2) is 9.18 Å². The number of carbonyl (C=O) groups excluding carboxylic acids is 3. The quantitative estimate of drug-likeness (QED) is 0.598. The van der Waals surface area contributed by atoms with Crippen LogP contribution in [-0.4, -0.2) is 30.1 Å². The van der Waals surface area contributed by atoms with E-state index in [1.807, 2.05) is 6.07 Å². The van der Waals surface area contributed by atoms with Crippen molar-refractivity contribution >= 4 is 23.6 Å². The largest absolute Gasteiger partial charge is 0.444 e. The second-order valence-electron chi connectivity index (χ2n) is 8.01. The van der Waals surface area contributed by atoms with Gasteiger partial charge in [0.05, 0.1) is 0 Å². The highest BCUT2D eigenvalue weighted by atomic mass is 19.1. The van der Waals surface area contributed by atoms with Crippen molar-refractivity contribution in [1.29, 1.82) is 0 Å². The fourth-order valence-corrected chi connectivity index (χ4v) is 2.66. The molecule has 31 heavy (non-hydrogen) atoms. The Morgan fingerprint density at radius 3 is 2.35 bits per heavy atom. The topological polar surface area (TPSA) is 96.5 Å². The fraction of sp³-hybridized carbons (Fsp3) is 0.348. The van der Waals surface area contributed by atoms with Crippen molar-refractivity contribution in [2.45, 2.75) is 45.8 Å². The van der Waals surface area contributed by atoms with Gasteiger partial charge in [-0.2, -0.15) is 0 Å². The van der Waals surface area contributed by atoms with Gasteiger partial charge in [-0.3, -0.25) is 9.59 Å². The first kappa shape index (κ1) is 23.9. The van der Waals surface area contributed by atoms with Gasteiger partial charge in [-0.1, -0.05) is 24.3 Å². The summed E-state index contributed by atoms with van der Waals surface area (Å²) in [7, 11) is 0. The molecule has 8 heteroatoms. The van der Waals surface area contributed by atoms with Crippen LogP contribution in [0.3, 0.4) is 0 Å². The number of alkyl carbamates (subject to hydrolysis) is 1. The zero-order valence-corrected chi connectivity index (χ0v) is 18.0. The molecule has 0 spiro atoms. The van der Waals surface area contributed by atoms with E-state index in [1.165, 1.54) is 12.1 Å². The summed E-state index contributed by atoms with van der Waals surface area (Å²) in [5.41, 5.74) is 1.51. The number of hydrogen-bond acceptors (Lipinski definition) is 4. The van der Waals surface area contributed by atoms with Gasteiger partial charge < -0.3 is 20.7 Å². The SMILES string of the molecule is CC(C)(C)OC(=O)NCC(=O)NCc1cccc(NC(=O)CCc2cccc(F)c2)c1. The standard InChI is InChI=1S/C23H28FN3O4/c1-23(2,3)31-22(30)26-15-21(29)25-14-17-7-5-9-19(13-17)27-20(28)11-10-16-6-4-8-18(24)12-16/h4-9,12-13H,10-11,14-15H2,1-3H3,(H,25,29)(H,26,30)(H,27,28). The predicted molar refractivity (Wildman–Crippen MR) is 116 cm³/mol. The molecule has 0 aliphatic heterocycles. The number of ether oxygens (including phenoxy) is 1. The number of hydrogen-bond donors (Lipinski definition) is 3. The van der Waals surface area contributed by atoms with Gasteiger partial charge in [-0.15, -0.1) is 0 Å². The Hall–Kier alpha value is -3.42. The number of benzene rings is 2. The lowest BCUT2D eigenvalue weighted by molar-refractivity contribution is -0.120. The molecule has 2 aromatic carbocycles. The number of aryl methyl sites for hydroxylation is 1. The highest BCUT2D eigenvalue weighted by molar-refractivity contribution is 5.91. The number of amides is 3. The van der Waals surface area contributed by atoms with Crippen molar-refractivity contribution in [3.63, 3.8) is 0 Å². The van der Waals surface area contributed by atoms with Crippen LogP contribution in [0.5, 0.6) is 0 Å². The van der Waals surface area contributed by atoms with Crippen LogP contribution < -0.4 is 16.0 Å². The third kappa shape index (κ3) is 9.75. The van der Waals surface area contributed by atoms with Crippen molar-refractivity contribution in [2.75, 3.05) is 11.9 Å². The van der Waals surface area contributed by atoms with Crippen molar-refractivity contribution in [3.8, 4) is 0 Å². The van der Waals surface area contributed by atoms with Crippen molar-refractivity contribution in [1.82, 2.24) is 10.6 Å². The Kier molecular flexibility index (Phi) is 8.54. The van der Waals surface area contributed by atoms with Crippen LogP contribution in [0.25, 0.3) is 0 Å². The molecule has 0 radical (unpaired) electrons. The highest BCUT2D eigenvalue weighted by Crippen LogP contribution is 2.12. The number of nitrogens with one attached hydrogen (secondary N) is 3. The van der Waals surface area contributed by atoms with Gasteiger partial charge in [0, 0.05) is 18.7 Å². The number of rotatable bonds is 8. The van der Waals surface area contributed by atoms with Gasteiger partial charge in [0.25, 0.3) is 0 Å². The van der Waals surface area contributed by atoms with E-state index in [2.05, 4.69) is 16.0 Å². The van der Waals surface area contributed by atoms with Gasteiger partial charge in [-0.05, 0) is 62.6 Å². The van der Waals surface area contributed by atoms with Gasteiger partial charge >= 0.3 is 6.09 Å². The van der Waals surface area contributed by atoms with E-state index >= 15 is 0 Å². The molecule has 7 nitrogen and oxygen atoms in total. The Morgan fingerprint density at radius 1 is 0.935 bits per heavy atom. The summed E-state index contributed by atoms with van der Waals surface area (Å²) in [5, 5.41) is 7.88. The van der Waals surface area contributed by atoms with Crippen LogP contribution in [0.15, 0.2) is 48.5 Å². The molecule has 2 aromatic rings. The highest BCUT2D eigenvalue weighted by Gasteiger charge is 2.16. The van der Waals surface area contributed by atoms with Crippen LogP contribution in [0.2, 0.25) is 0 Å². The maximum absolute atomic E-state index is 13.2. The lowest BCUT2D eigenvalue weighted by Crippen LogP contribution is -2.39. The first-order valence-corrected chi connectivity index (χ1v) is 9.97. The van der Waals surface area contributed by atoms with Crippen LogP contribution in [0, 0.1) is 5.82 Å². The number of carbonyl (C=O) groups is 3. The molecule has 0 aromatic heterocycles. The van der Waals surface area contributed by atoms with E-state index in [1.54, 1.807) is 51.1 Å². The maximum Gasteiger partial charge on any atom is 0.408 e. The summed E-state index contributed by atoms with van der Waals surface area (Å²) >= 11 is 0. The van der Waals surface area contributed by atoms with Crippen LogP contribution in [-0.2, 0) is 27.3 Å². The summed E-state index contributed by atoms with van der Waals surface area (Å²) < 4.78 is 18.3. The van der Waals surface area contributed by atoms with E-state index in [0.29, 0.717) is 12.1 Å². The molecule has 3 amide bonds. The average molecular weight is 429 g/mol. The van der Waals surface area contributed by atoms with Crippen molar-refractivity contribution in [2.24, 2.45) is 0 Å². The van der Waals surface area contributed by atoms with Crippen molar-refractivity contribution in [3.05, 3.63) is 65.5 Å². The predicted octanol–water partition coefficient (Wildman–Crippen LogP) is 3.54. The molecule has 0 aliphatic rings. The lowest BCUT2D eigenvalue weighted by atomic mass is 10.1. The zero-order chi connectivity index (χ0) is 22.9. The van der Waals surface area contributed by atoms with Gasteiger partial charge in [0.1, 0.15) is 18.0 Å². The molecular formula is C23H28FN3O4. The lowest BCUT2D eigenvalue weighted by Gasteiger charge is -2.19. The summed E-state index contributed by atoms with van der Waals surface area (Å²) in [5.74, 6) is -0.878. The molecule has 0 aliphatic carbocycles. The molecule has 2 rings (SSSR count). The molecule has 0 fully saturated rings. The van der Waals surface area contributed by atoms with Crippen LogP contribution in [0.4, 0.5) is 14.9 Å². The molecule has 166 valence electrons. The molecule has 0 heterocycles. The van der Waals surface area contributed by atoms with Gasteiger partial charge in [0.15, 0.2) is 0 Å². The van der Waals surface area contributed by atoms with Crippen LogP contribution in [0.1, 0.15) is 38.3 Å². The monoisotopic (exact) mass is 429 g/mol. The first-order chi connectivity index (χ1) is 14.6. The second kappa shape index (κ2) is 11.1. The van der Waals surface area contributed by atoms with E-state index in [0.717, 1.165) is 11.1 Å². The minimum absolute atomic E-state index is 0.188. The summed E-state index contributed by atoms with van der Waals surface area (Å²) in [6.07, 6.45) is -0.00400. The fourth-order valence-electron chi connectivity index (χ4n) is 2.66. The average Bonchev–Trinajstić information content (AvgIpc) is 2.68.